The molecule has 0 bridgehead atoms. The van der Waals surface area contributed by atoms with Crippen molar-refractivity contribution in [3.05, 3.63) is 0 Å². The predicted octanol–water partition coefficient (Wildman–Crippen LogP) is 2.65. The molecule has 2 unspecified atom stereocenters. The number of methoxy groups -OCH3 is 1. The van der Waals surface area contributed by atoms with Gasteiger partial charge in [0.05, 0.1) is 5.60 Å². The Morgan fingerprint density at radius 3 is 2.47 bits per heavy atom. The summed E-state index contributed by atoms with van der Waals surface area (Å²) in [5.41, 5.74) is 0.00325. The van der Waals surface area contributed by atoms with Gasteiger partial charge in [0, 0.05) is 19.2 Å². The molecule has 0 aromatic rings. The average Bonchev–Trinajstić information content (AvgIpc) is 2.92. The molecule has 2 heterocycles. The van der Waals surface area contributed by atoms with Gasteiger partial charge in [-0.2, -0.15) is 0 Å². The Kier molecular flexibility index (Phi) is 5.27. The second-order valence-corrected chi connectivity index (χ2v) is 7.09. The fourth-order valence-electron chi connectivity index (χ4n) is 3.80. The van der Waals surface area contributed by atoms with Crippen LogP contribution in [-0.4, -0.2) is 49.3 Å². The van der Waals surface area contributed by atoms with Crippen molar-refractivity contribution in [1.82, 2.24) is 10.2 Å². The van der Waals surface area contributed by atoms with Gasteiger partial charge in [-0.05, 0) is 78.4 Å². The molecule has 2 aliphatic heterocycles. The molecule has 0 spiro atoms. The zero-order chi connectivity index (χ0) is 13.9. The first kappa shape index (κ1) is 15.3. The van der Waals surface area contributed by atoms with Crippen LogP contribution >= 0.6 is 0 Å². The molecular formula is C16H32N2O. The van der Waals surface area contributed by atoms with Gasteiger partial charge < -0.3 is 15.0 Å². The van der Waals surface area contributed by atoms with E-state index in [1.54, 1.807) is 0 Å². The molecule has 0 aromatic heterocycles. The molecule has 3 nitrogen and oxygen atoms in total. The van der Waals surface area contributed by atoms with Crippen LogP contribution in [0.1, 0.15) is 52.9 Å². The highest BCUT2D eigenvalue weighted by molar-refractivity contribution is 4.87. The summed E-state index contributed by atoms with van der Waals surface area (Å²) in [6.45, 7) is 10.5. The van der Waals surface area contributed by atoms with Crippen LogP contribution in [0, 0.1) is 5.92 Å². The maximum absolute atomic E-state index is 5.56. The van der Waals surface area contributed by atoms with E-state index >= 15 is 0 Å². The number of hydrogen-bond acceptors (Lipinski definition) is 3. The van der Waals surface area contributed by atoms with Gasteiger partial charge in [-0.3, -0.25) is 0 Å². The van der Waals surface area contributed by atoms with E-state index in [1.165, 1.54) is 45.3 Å². The fourth-order valence-corrected chi connectivity index (χ4v) is 3.80. The fraction of sp³-hybridized carbons (Fsp3) is 1.00. The first-order valence-electron chi connectivity index (χ1n) is 8.04. The maximum Gasteiger partial charge on any atom is 0.0637 e. The highest BCUT2D eigenvalue weighted by Crippen LogP contribution is 2.28. The summed E-state index contributed by atoms with van der Waals surface area (Å²) >= 11 is 0. The summed E-state index contributed by atoms with van der Waals surface area (Å²) in [5, 5.41) is 3.68. The van der Waals surface area contributed by atoms with Crippen molar-refractivity contribution in [2.75, 3.05) is 26.7 Å². The Balaban J connectivity index is 1.76. The molecule has 0 amide bonds. The lowest BCUT2D eigenvalue weighted by Gasteiger charge is -2.40. The highest BCUT2D eigenvalue weighted by Gasteiger charge is 2.31. The van der Waals surface area contributed by atoms with Gasteiger partial charge in [-0.1, -0.05) is 0 Å². The van der Waals surface area contributed by atoms with Gasteiger partial charge in [-0.25, -0.2) is 0 Å². The minimum atomic E-state index is 0.00325. The van der Waals surface area contributed by atoms with Crippen LogP contribution in [0.15, 0.2) is 0 Å². The number of rotatable bonds is 5. The Hall–Kier alpha value is -0.120. The highest BCUT2D eigenvalue weighted by atomic mass is 16.5. The quantitative estimate of drug-likeness (QED) is 0.829. The third-order valence-electron chi connectivity index (χ3n) is 5.20. The van der Waals surface area contributed by atoms with Gasteiger partial charge in [0.15, 0.2) is 0 Å². The van der Waals surface area contributed by atoms with Crippen molar-refractivity contribution in [2.45, 2.75) is 70.6 Å². The van der Waals surface area contributed by atoms with Crippen molar-refractivity contribution in [1.29, 1.82) is 0 Å². The number of likely N-dealkylation sites (tertiary alicyclic amines) is 1. The van der Waals surface area contributed by atoms with E-state index in [1.807, 2.05) is 7.11 Å². The maximum atomic E-state index is 5.56. The molecule has 2 saturated heterocycles. The van der Waals surface area contributed by atoms with Crippen LogP contribution in [0.4, 0.5) is 0 Å². The van der Waals surface area contributed by atoms with E-state index in [4.69, 9.17) is 4.74 Å². The van der Waals surface area contributed by atoms with Gasteiger partial charge in [-0.15, -0.1) is 0 Å². The number of nitrogens with one attached hydrogen (secondary N) is 1. The Morgan fingerprint density at radius 1 is 1.26 bits per heavy atom. The molecule has 0 aromatic carbocycles. The molecule has 112 valence electrons. The number of hydrogen-bond donors (Lipinski definition) is 1. The lowest BCUT2D eigenvalue weighted by molar-refractivity contribution is -0.0112. The number of piperidine rings is 1. The zero-order valence-corrected chi connectivity index (χ0v) is 13.2. The second kappa shape index (κ2) is 6.55. The lowest BCUT2D eigenvalue weighted by Crippen LogP contribution is -2.46. The van der Waals surface area contributed by atoms with Crippen molar-refractivity contribution in [3.8, 4) is 0 Å². The standard InChI is InChI=1S/C16H32N2O/c1-13(12-16(2,3)19-4)18-10-7-14(8-11-18)15-6-5-9-17-15/h13-15,17H,5-12H2,1-4H3. The number of nitrogens with zero attached hydrogens (tertiary/aromatic N) is 1. The molecule has 2 atom stereocenters. The summed E-state index contributed by atoms with van der Waals surface area (Å²) in [7, 11) is 1.82. The number of ether oxygens (including phenoxy) is 1. The topological polar surface area (TPSA) is 24.5 Å². The molecule has 1 N–H and O–H groups in total. The molecule has 0 saturated carbocycles. The van der Waals surface area contributed by atoms with Gasteiger partial charge in [0.1, 0.15) is 0 Å². The zero-order valence-electron chi connectivity index (χ0n) is 13.2. The van der Waals surface area contributed by atoms with Gasteiger partial charge >= 0.3 is 0 Å². The van der Waals surface area contributed by atoms with E-state index in [9.17, 15) is 0 Å². The van der Waals surface area contributed by atoms with Crippen LogP contribution in [0.2, 0.25) is 0 Å². The molecule has 2 aliphatic rings. The van der Waals surface area contributed by atoms with Crippen LogP contribution in [0.3, 0.4) is 0 Å². The molecule has 3 heteroatoms. The summed E-state index contributed by atoms with van der Waals surface area (Å²) < 4.78 is 5.56. The van der Waals surface area contributed by atoms with Crippen molar-refractivity contribution < 1.29 is 4.74 Å². The van der Waals surface area contributed by atoms with Crippen molar-refractivity contribution in [2.24, 2.45) is 5.92 Å². The first-order chi connectivity index (χ1) is 9.02. The largest absolute Gasteiger partial charge is 0.379 e. The van der Waals surface area contributed by atoms with E-state index < -0.39 is 0 Å². The minimum Gasteiger partial charge on any atom is -0.379 e. The molecule has 2 fully saturated rings. The Morgan fingerprint density at radius 2 is 1.95 bits per heavy atom. The summed E-state index contributed by atoms with van der Waals surface area (Å²) in [5.74, 6) is 0.918. The average molecular weight is 268 g/mol. The third-order valence-corrected chi connectivity index (χ3v) is 5.20. The molecule has 19 heavy (non-hydrogen) atoms. The van der Waals surface area contributed by atoms with Crippen molar-refractivity contribution in [3.63, 3.8) is 0 Å². The Labute approximate surface area is 119 Å². The van der Waals surface area contributed by atoms with Crippen molar-refractivity contribution >= 4 is 0 Å². The minimum absolute atomic E-state index is 0.00325. The van der Waals surface area contributed by atoms with Crippen LogP contribution in [0.25, 0.3) is 0 Å². The molecule has 0 aliphatic carbocycles. The van der Waals surface area contributed by atoms with E-state index in [-0.39, 0.29) is 5.60 Å². The monoisotopic (exact) mass is 268 g/mol. The van der Waals surface area contributed by atoms with Gasteiger partial charge in [0.2, 0.25) is 0 Å². The van der Waals surface area contributed by atoms with E-state index in [0.29, 0.717) is 6.04 Å². The van der Waals surface area contributed by atoms with E-state index in [0.717, 1.165) is 18.4 Å². The predicted molar refractivity (Wildman–Crippen MR) is 80.5 cm³/mol. The molecule has 0 radical (unpaired) electrons. The summed E-state index contributed by atoms with van der Waals surface area (Å²) in [4.78, 5) is 2.66. The van der Waals surface area contributed by atoms with Crippen LogP contribution in [0.5, 0.6) is 0 Å². The first-order valence-corrected chi connectivity index (χ1v) is 8.04. The molecular weight excluding hydrogens is 236 g/mol. The summed E-state index contributed by atoms with van der Waals surface area (Å²) in [6.07, 6.45) is 6.64. The normalized spacial score (nSPS) is 28.7. The second-order valence-electron chi connectivity index (χ2n) is 7.09. The third kappa shape index (κ3) is 4.17. The smallest absolute Gasteiger partial charge is 0.0637 e. The van der Waals surface area contributed by atoms with Crippen LogP contribution < -0.4 is 5.32 Å². The SMILES string of the molecule is COC(C)(C)CC(C)N1CCC(C2CCCN2)CC1. The Bertz CT molecular complexity index is 266. The van der Waals surface area contributed by atoms with Gasteiger partial charge in [0.25, 0.3) is 0 Å². The lowest BCUT2D eigenvalue weighted by atomic mass is 9.87. The van der Waals surface area contributed by atoms with E-state index in [2.05, 4.69) is 31.0 Å². The molecule has 2 rings (SSSR count). The summed E-state index contributed by atoms with van der Waals surface area (Å²) in [6, 6.07) is 1.44. The van der Waals surface area contributed by atoms with Crippen LogP contribution in [-0.2, 0) is 4.74 Å².